The van der Waals surface area contributed by atoms with Crippen molar-refractivity contribution in [1.82, 2.24) is 4.90 Å². The van der Waals surface area contributed by atoms with Crippen LogP contribution in [0.1, 0.15) is 38.3 Å². The van der Waals surface area contributed by atoms with Crippen LogP contribution in [0, 0.1) is 0 Å². The minimum atomic E-state index is 0.180. The highest BCUT2D eigenvalue weighted by molar-refractivity contribution is 5.19. The molecule has 18 heavy (non-hydrogen) atoms. The van der Waals surface area contributed by atoms with Crippen molar-refractivity contribution >= 4 is 0 Å². The van der Waals surface area contributed by atoms with Crippen LogP contribution in [-0.2, 0) is 0 Å². The summed E-state index contributed by atoms with van der Waals surface area (Å²) in [6.07, 6.45) is 2.17. The number of nitrogens with zero attached hydrogens (tertiary/aromatic N) is 1. The van der Waals surface area contributed by atoms with Gasteiger partial charge in [0.05, 0.1) is 6.61 Å². The quantitative estimate of drug-likeness (QED) is 0.743. The zero-order valence-electron chi connectivity index (χ0n) is 11.5. The van der Waals surface area contributed by atoms with Crippen LogP contribution in [0.2, 0.25) is 0 Å². The van der Waals surface area contributed by atoms with Crippen LogP contribution in [0.5, 0.6) is 0 Å². The topological polar surface area (TPSA) is 49.5 Å². The van der Waals surface area contributed by atoms with Crippen LogP contribution in [0.4, 0.5) is 0 Å². The van der Waals surface area contributed by atoms with E-state index < -0.39 is 0 Å². The molecule has 1 unspecified atom stereocenters. The number of aliphatic hydroxyl groups is 1. The number of aliphatic hydroxyl groups excluding tert-OH is 1. The maximum atomic E-state index is 9.29. The van der Waals surface area contributed by atoms with Crippen molar-refractivity contribution in [3.8, 4) is 0 Å². The molecule has 0 spiro atoms. The third-order valence-corrected chi connectivity index (χ3v) is 3.58. The Morgan fingerprint density at radius 3 is 2.22 bits per heavy atom. The zero-order valence-corrected chi connectivity index (χ0v) is 11.5. The molecule has 0 saturated heterocycles. The van der Waals surface area contributed by atoms with Crippen LogP contribution in [0.15, 0.2) is 30.3 Å². The Morgan fingerprint density at radius 2 is 1.78 bits per heavy atom. The number of hydrogen-bond acceptors (Lipinski definition) is 3. The molecule has 0 aliphatic rings. The molecule has 0 saturated carbocycles. The lowest BCUT2D eigenvalue weighted by Gasteiger charge is -2.37. The lowest BCUT2D eigenvalue weighted by atomic mass is 10.0. The molecule has 1 rings (SSSR count). The van der Waals surface area contributed by atoms with E-state index in [-0.39, 0.29) is 12.6 Å². The molecule has 1 aromatic carbocycles. The standard InChI is InChI=1S/C15H26N2O/c1-3-14(4-2)17(10-11-18)15(12-16)13-8-6-5-7-9-13/h5-9,14-15,18H,3-4,10-12,16H2,1-2H3. The fourth-order valence-corrected chi connectivity index (χ4v) is 2.60. The summed E-state index contributed by atoms with van der Waals surface area (Å²) in [5.74, 6) is 0. The van der Waals surface area contributed by atoms with E-state index in [1.165, 1.54) is 5.56 Å². The Hall–Kier alpha value is -0.900. The summed E-state index contributed by atoms with van der Waals surface area (Å²) < 4.78 is 0. The summed E-state index contributed by atoms with van der Waals surface area (Å²) in [6, 6.07) is 11.0. The average Bonchev–Trinajstić information content (AvgIpc) is 2.42. The Bertz CT molecular complexity index is 312. The molecule has 0 bridgehead atoms. The fraction of sp³-hybridized carbons (Fsp3) is 0.600. The molecular weight excluding hydrogens is 224 g/mol. The van der Waals surface area contributed by atoms with Crippen LogP contribution in [0.3, 0.4) is 0 Å². The predicted molar refractivity (Wildman–Crippen MR) is 76.4 cm³/mol. The summed E-state index contributed by atoms with van der Waals surface area (Å²) in [4.78, 5) is 2.34. The molecule has 0 aromatic heterocycles. The van der Waals surface area contributed by atoms with Gasteiger partial charge in [-0.15, -0.1) is 0 Å². The molecule has 0 fully saturated rings. The van der Waals surface area contributed by atoms with Gasteiger partial charge in [-0.3, -0.25) is 4.90 Å². The molecule has 3 nitrogen and oxygen atoms in total. The second-order valence-corrected chi connectivity index (χ2v) is 4.59. The van der Waals surface area contributed by atoms with Gasteiger partial charge in [0.25, 0.3) is 0 Å². The van der Waals surface area contributed by atoms with E-state index in [0.29, 0.717) is 19.1 Å². The van der Waals surface area contributed by atoms with E-state index in [0.717, 1.165) is 12.8 Å². The highest BCUT2D eigenvalue weighted by Crippen LogP contribution is 2.24. The van der Waals surface area contributed by atoms with Crippen molar-refractivity contribution < 1.29 is 5.11 Å². The van der Waals surface area contributed by atoms with Gasteiger partial charge in [0, 0.05) is 25.2 Å². The first-order chi connectivity index (χ1) is 8.78. The maximum absolute atomic E-state index is 9.29. The summed E-state index contributed by atoms with van der Waals surface area (Å²) in [6.45, 7) is 5.83. The molecule has 0 heterocycles. The van der Waals surface area contributed by atoms with Crippen molar-refractivity contribution in [2.45, 2.75) is 38.8 Å². The van der Waals surface area contributed by atoms with Crippen LogP contribution in [0.25, 0.3) is 0 Å². The first-order valence-electron chi connectivity index (χ1n) is 6.90. The normalized spacial score (nSPS) is 13.2. The number of nitrogens with two attached hydrogens (primary N) is 1. The van der Waals surface area contributed by atoms with Crippen LogP contribution < -0.4 is 5.73 Å². The second-order valence-electron chi connectivity index (χ2n) is 4.59. The minimum absolute atomic E-state index is 0.180. The van der Waals surface area contributed by atoms with E-state index in [4.69, 9.17) is 5.73 Å². The van der Waals surface area contributed by atoms with Crippen LogP contribution >= 0.6 is 0 Å². The summed E-state index contributed by atoms with van der Waals surface area (Å²) in [5.41, 5.74) is 7.20. The van der Waals surface area contributed by atoms with Crippen molar-refractivity contribution in [1.29, 1.82) is 0 Å². The highest BCUT2D eigenvalue weighted by Gasteiger charge is 2.23. The predicted octanol–water partition coefficient (Wildman–Crippen LogP) is 2.17. The van der Waals surface area contributed by atoms with Crippen LogP contribution in [-0.4, -0.2) is 35.7 Å². The third kappa shape index (κ3) is 3.80. The molecule has 3 N–H and O–H groups in total. The minimum Gasteiger partial charge on any atom is -0.395 e. The zero-order chi connectivity index (χ0) is 13.4. The van der Waals surface area contributed by atoms with E-state index in [9.17, 15) is 5.11 Å². The van der Waals surface area contributed by atoms with Crippen molar-refractivity contribution in [2.75, 3.05) is 19.7 Å². The number of hydrogen-bond donors (Lipinski definition) is 2. The highest BCUT2D eigenvalue weighted by atomic mass is 16.3. The Balaban J connectivity index is 2.93. The smallest absolute Gasteiger partial charge is 0.0558 e. The van der Waals surface area contributed by atoms with Gasteiger partial charge in [-0.05, 0) is 18.4 Å². The molecule has 0 amide bonds. The third-order valence-electron chi connectivity index (χ3n) is 3.58. The average molecular weight is 250 g/mol. The summed E-state index contributed by atoms with van der Waals surface area (Å²) in [7, 11) is 0. The summed E-state index contributed by atoms with van der Waals surface area (Å²) in [5, 5.41) is 9.29. The Kier molecular flexibility index (Phi) is 6.94. The van der Waals surface area contributed by atoms with Crippen molar-refractivity contribution in [3.05, 3.63) is 35.9 Å². The van der Waals surface area contributed by atoms with E-state index >= 15 is 0 Å². The fourth-order valence-electron chi connectivity index (χ4n) is 2.60. The number of benzene rings is 1. The van der Waals surface area contributed by atoms with Gasteiger partial charge in [0.1, 0.15) is 0 Å². The lowest BCUT2D eigenvalue weighted by molar-refractivity contribution is 0.0995. The SMILES string of the molecule is CCC(CC)N(CCO)C(CN)c1ccccc1. The molecule has 1 aromatic rings. The summed E-state index contributed by atoms with van der Waals surface area (Å²) >= 11 is 0. The molecule has 3 heteroatoms. The number of rotatable bonds is 8. The molecular formula is C15H26N2O. The van der Waals surface area contributed by atoms with Gasteiger partial charge in [-0.1, -0.05) is 44.2 Å². The van der Waals surface area contributed by atoms with Gasteiger partial charge >= 0.3 is 0 Å². The molecule has 102 valence electrons. The van der Waals surface area contributed by atoms with E-state index in [2.05, 4.69) is 30.9 Å². The Labute approximate surface area is 111 Å². The van der Waals surface area contributed by atoms with E-state index in [1.54, 1.807) is 0 Å². The molecule has 0 aliphatic carbocycles. The first kappa shape index (κ1) is 15.2. The maximum Gasteiger partial charge on any atom is 0.0558 e. The Morgan fingerprint density at radius 1 is 1.17 bits per heavy atom. The van der Waals surface area contributed by atoms with Crippen molar-refractivity contribution in [2.24, 2.45) is 5.73 Å². The second kappa shape index (κ2) is 8.25. The van der Waals surface area contributed by atoms with Gasteiger partial charge in [-0.2, -0.15) is 0 Å². The largest absolute Gasteiger partial charge is 0.395 e. The first-order valence-corrected chi connectivity index (χ1v) is 6.90. The molecule has 1 atom stereocenters. The van der Waals surface area contributed by atoms with Gasteiger partial charge < -0.3 is 10.8 Å². The van der Waals surface area contributed by atoms with Crippen molar-refractivity contribution in [3.63, 3.8) is 0 Å². The van der Waals surface area contributed by atoms with Gasteiger partial charge in [-0.25, -0.2) is 0 Å². The van der Waals surface area contributed by atoms with Gasteiger partial charge in [0.2, 0.25) is 0 Å². The monoisotopic (exact) mass is 250 g/mol. The lowest BCUT2D eigenvalue weighted by Crippen LogP contribution is -2.42. The molecule has 0 aliphatic heterocycles. The van der Waals surface area contributed by atoms with E-state index in [1.807, 2.05) is 18.2 Å². The van der Waals surface area contributed by atoms with Gasteiger partial charge in [0.15, 0.2) is 0 Å². The molecule has 0 radical (unpaired) electrons.